The van der Waals surface area contributed by atoms with E-state index in [9.17, 15) is 10.1 Å². The highest BCUT2D eigenvalue weighted by molar-refractivity contribution is 9.10. The van der Waals surface area contributed by atoms with Gasteiger partial charge < -0.3 is 19.3 Å². The van der Waals surface area contributed by atoms with Crippen molar-refractivity contribution in [1.29, 1.82) is 0 Å². The van der Waals surface area contributed by atoms with E-state index in [0.717, 1.165) is 37.2 Å². The lowest BCUT2D eigenvalue weighted by molar-refractivity contribution is -1.02. The van der Waals surface area contributed by atoms with Crippen molar-refractivity contribution >= 4 is 21.6 Å². The Kier molecular flexibility index (Phi) is 6.88. The number of nitro benzene ring substituents is 1. The molecule has 1 fully saturated rings. The van der Waals surface area contributed by atoms with Gasteiger partial charge >= 0.3 is 0 Å². The van der Waals surface area contributed by atoms with Crippen LogP contribution in [0.15, 0.2) is 40.9 Å². The number of quaternary nitrogens is 2. The molecule has 0 bridgehead atoms. The van der Waals surface area contributed by atoms with Crippen LogP contribution in [0.2, 0.25) is 0 Å². The number of methoxy groups -OCH3 is 2. The van der Waals surface area contributed by atoms with Gasteiger partial charge in [-0.1, -0.05) is 34.1 Å². The lowest BCUT2D eigenvalue weighted by Gasteiger charge is -2.30. The fraction of sp³-hybridized carbons (Fsp3) is 0.400. The average molecular weight is 452 g/mol. The minimum Gasteiger partial charge on any atom is -0.493 e. The van der Waals surface area contributed by atoms with Crippen LogP contribution in [0.4, 0.5) is 5.69 Å². The summed E-state index contributed by atoms with van der Waals surface area (Å²) in [6, 6.07) is 11.5. The maximum Gasteiger partial charge on any atom is 0.282 e. The fourth-order valence-corrected chi connectivity index (χ4v) is 4.14. The Bertz CT molecular complexity index is 838. The SMILES string of the molecule is COc1cc(C[NH+]2CC[NH+](Cc3ccccc3Br)CC2)c([N+](=O)[O-])cc1OC. The third kappa shape index (κ3) is 4.81. The summed E-state index contributed by atoms with van der Waals surface area (Å²) < 4.78 is 11.7. The first-order valence-corrected chi connectivity index (χ1v) is 10.1. The van der Waals surface area contributed by atoms with Gasteiger partial charge in [-0.15, -0.1) is 0 Å². The quantitative estimate of drug-likeness (QED) is 0.483. The van der Waals surface area contributed by atoms with Gasteiger partial charge in [0.15, 0.2) is 11.5 Å². The number of hydrogen-bond donors (Lipinski definition) is 2. The predicted octanol–water partition coefficient (Wildman–Crippen LogP) is 0.858. The average Bonchev–Trinajstić information content (AvgIpc) is 2.70. The van der Waals surface area contributed by atoms with Crippen LogP contribution in [0, 0.1) is 10.1 Å². The van der Waals surface area contributed by atoms with E-state index in [1.807, 2.05) is 6.07 Å². The molecular formula is C20H26BrN3O4+2. The van der Waals surface area contributed by atoms with E-state index in [1.54, 1.807) is 13.2 Å². The number of rotatable bonds is 7. The number of nitrogens with one attached hydrogen (secondary N) is 2. The maximum atomic E-state index is 11.5. The Labute approximate surface area is 173 Å². The highest BCUT2D eigenvalue weighted by Gasteiger charge is 2.27. The van der Waals surface area contributed by atoms with Crippen LogP contribution in [-0.4, -0.2) is 45.3 Å². The molecule has 2 N–H and O–H groups in total. The molecule has 2 aromatic rings. The molecule has 0 spiro atoms. The fourth-order valence-electron chi connectivity index (χ4n) is 3.71. The van der Waals surface area contributed by atoms with Crippen molar-refractivity contribution in [1.82, 2.24) is 0 Å². The number of nitrogens with zero attached hydrogens (tertiary/aromatic N) is 1. The topological polar surface area (TPSA) is 70.5 Å². The van der Waals surface area contributed by atoms with Crippen LogP contribution in [-0.2, 0) is 13.1 Å². The highest BCUT2D eigenvalue weighted by atomic mass is 79.9. The van der Waals surface area contributed by atoms with Gasteiger partial charge in [-0.3, -0.25) is 10.1 Å². The molecule has 8 heteroatoms. The van der Waals surface area contributed by atoms with Crippen LogP contribution in [0.1, 0.15) is 11.1 Å². The molecule has 28 heavy (non-hydrogen) atoms. The van der Waals surface area contributed by atoms with Crippen molar-refractivity contribution in [2.45, 2.75) is 13.1 Å². The lowest BCUT2D eigenvalue weighted by atomic mass is 10.1. The summed E-state index contributed by atoms with van der Waals surface area (Å²) in [5.74, 6) is 0.913. The van der Waals surface area contributed by atoms with Crippen molar-refractivity contribution in [2.75, 3.05) is 40.4 Å². The van der Waals surface area contributed by atoms with Gasteiger partial charge in [0.2, 0.25) is 0 Å². The Morgan fingerprint density at radius 3 is 2.04 bits per heavy atom. The Hall–Kier alpha value is -2.16. The molecule has 0 unspecified atom stereocenters. The molecule has 0 amide bonds. The molecule has 7 nitrogen and oxygen atoms in total. The second-order valence-electron chi connectivity index (χ2n) is 7.04. The lowest BCUT2D eigenvalue weighted by Crippen LogP contribution is -3.27. The van der Waals surface area contributed by atoms with E-state index in [-0.39, 0.29) is 10.6 Å². The first kappa shape index (κ1) is 20.6. The molecule has 0 aromatic heterocycles. The molecular weight excluding hydrogens is 426 g/mol. The predicted molar refractivity (Wildman–Crippen MR) is 109 cm³/mol. The molecule has 1 saturated heterocycles. The standard InChI is InChI=1S/C20H24BrN3O4/c1-27-19-11-16(18(24(25)26)12-20(19)28-2)14-23-9-7-22(8-10-23)13-15-5-3-4-6-17(15)21/h3-6,11-12H,7-10,13-14H2,1-2H3/p+2. The van der Waals surface area contributed by atoms with Crippen LogP contribution < -0.4 is 19.3 Å². The summed E-state index contributed by atoms with van der Waals surface area (Å²) in [6.07, 6.45) is 0. The number of hydrogen-bond acceptors (Lipinski definition) is 4. The van der Waals surface area contributed by atoms with E-state index in [4.69, 9.17) is 9.47 Å². The van der Waals surface area contributed by atoms with Gasteiger partial charge in [0, 0.05) is 10.0 Å². The van der Waals surface area contributed by atoms with Gasteiger partial charge in [0.1, 0.15) is 39.3 Å². The number of nitro groups is 1. The molecule has 1 heterocycles. The number of piperazine rings is 1. The van der Waals surface area contributed by atoms with E-state index in [1.165, 1.54) is 28.5 Å². The summed E-state index contributed by atoms with van der Waals surface area (Å²) in [7, 11) is 3.03. The first-order chi connectivity index (χ1) is 13.5. The smallest absolute Gasteiger partial charge is 0.282 e. The van der Waals surface area contributed by atoms with Crippen LogP contribution >= 0.6 is 15.9 Å². The van der Waals surface area contributed by atoms with Gasteiger partial charge in [-0.05, 0) is 12.1 Å². The Balaban J connectivity index is 1.66. The maximum absolute atomic E-state index is 11.5. The molecule has 1 aliphatic rings. The normalized spacial score (nSPS) is 19.2. The van der Waals surface area contributed by atoms with Crippen molar-refractivity contribution in [3.63, 3.8) is 0 Å². The largest absolute Gasteiger partial charge is 0.493 e. The van der Waals surface area contributed by atoms with E-state index in [0.29, 0.717) is 23.6 Å². The van der Waals surface area contributed by atoms with Crippen LogP contribution in [0.5, 0.6) is 11.5 Å². The zero-order valence-electron chi connectivity index (χ0n) is 16.2. The molecule has 0 radical (unpaired) electrons. The summed E-state index contributed by atoms with van der Waals surface area (Å²) in [4.78, 5) is 14.1. The van der Waals surface area contributed by atoms with E-state index in [2.05, 4.69) is 34.1 Å². The molecule has 0 aliphatic carbocycles. The molecule has 150 valence electrons. The summed E-state index contributed by atoms with van der Waals surface area (Å²) in [6.45, 7) is 5.64. The third-order valence-corrected chi connectivity index (χ3v) is 6.06. The minimum absolute atomic E-state index is 0.0909. The van der Waals surface area contributed by atoms with E-state index < -0.39 is 0 Å². The van der Waals surface area contributed by atoms with Gasteiger partial charge in [-0.25, -0.2) is 0 Å². The van der Waals surface area contributed by atoms with Gasteiger partial charge in [0.05, 0.1) is 30.8 Å². The molecule has 0 saturated carbocycles. The van der Waals surface area contributed by atoms with Crippen molar-refractivity contribution in [3.05, 3.63) is 62.1 Å². The minimum atomic E-state index is -0.342. The molecule has 0 atom stereocenters. The Morgan fingerprint density at radius 1 is 0.964 bits per heavy atom. The second kappa shape index (κ2) is 9.36. The Morgan fingerprint density at radius 2 is 1.50 bits per heavy atom. The summed E-state index contributed by atoms with van der Waals surface area (Å²) in [5, 5.41) is 11.5. The second-order valence-corrected chi connectivity index (χ2v) is 7.89. The number of halogens is 1. The summed E-state index contributed by atoms with van der Waals surface area (Å²) >= 11 is 3.62. The third-order valence-electron chi connectivity index (χ3n) is 5.28. The van der Waals surface area contributed by atoms with Crippen LogP contribution in [0.25, 0.3) is 0 Å². The molecule has 2 aromatic carbocycles. The van der Waals surface area contributed by atoms with Crippen molar-refractivity contribution in [3.8, 4) is 11.5 Å². The van der Waals surface area contributed by atoms with Crippen molar-refractivity contribution in [2.24, 2.45) is 0 Å². The monoisotopic (exact) mass is 451 g/mol. The number of ether oxygens (including phenoxy) is 2. The summed E-state index contributed by atoms with van der Waals surface area (Å²) in [5.41, 5.74) is 2.09. The van der Waals surface area contributed by atoms with Gasteiger partial charge in [0.25, 0.3) is 5.69 Å². The molecule has 1 aliphatic heterocycles. The van der Waals surface area contributed by atoms with E-state index >= 15 is 0 Å². The number of benzene rings is 2. The molecule has 3 rings (SSSR count). The van der Waals surface area contributed by atoms with Crippen LogP contribution in [0.3, 0.4) is 0 Å². The zero-order chi connectivity index (χ0) is 20.1. The first-order valence-electron chi connectivity index (χ1n) is 9.31. The van der Waals surface area contributed by atoms with Crippen molar-refractivity contribution < 1.29 is 24.2 Å². The van der Waals surface area contributed by atoms with Gasteiger partial charge in [-0.2, -0.15) is 0 Å². The zero-order valence-corrected chi connectivity index (χ0v) is 17.8. The highest BCUT2D eigenvalue weighted by Crippen LogP contribution is 2.34.